The van der Waals surface area contributed by atoms with Crippen LogP contribution in [0.3, 0.4) is 0 Å². The maximum Gasteiger partial charge on any atom is 0.182 e. The molecule has 0 aliphatic carbocycles. The van der Waals surface area contributed by atoms with Gasteiger partial charge in [-0.2, -0.15) is 5.01 Å². The number of halogens is 1. The molecule has 3 aliphatic heterocycles. The molecule has 4 nitrogen and oxygen atoms in total. The van der Waals surface area contributed by atoms with E-state index in [-0.39, 0.29) is 11.8 Å². The zero-order valence-corrected chi connectivity index (χ0v) is 16.4. The number of ether oxygens (including phenoxy) is 1. The zero-order valence-electron chi connectivity index (χ0n) is 14.0. The molecule has 4 heterocycles. The minimum Gasteiger partial charge on any atom is -0.470 e. The smallest absolute Gasteiger partial charge is 0.182 e. The molecule has 1 aromatic heterocycles. The molecule has 1 saturated heterocycles. The van der Waals surface area contributed by atoms with Crippen LogP contribution in [0.25, 0.3) is 5.70 Å². The van der Waals surface area contributed by atoms with Crippen LogP contribution >= 0.6 is 27.3 Å². The van der Waals surface area contributed by atoms with Crippen molar-refractivity contribution in [1.82, 2.24) is 15.3 Å². The number of benzene rings is 1. The number of thiophene rings is 1. The summed E-state index contributed by atoms with van der Waals surface area (Å²) < 4.78 is 7.72. The van der Waals surface area contributed by atoms with E-state index in [4.69, 9.17) is 4.74 Å². The van der Waals surface area contributed by atoms with Crippen molar-refractivity contribution < 1.29 is 4.74 Å². The molecule has 5 rings (SSSR count). The number of hydrogen-bond acceptors (Lipinski definition) is 5. The number of likely N-dealkylation sites (tertiary alicyclic amines) is 1. The molecule has 1 aromatic carbocycles. The molecule has 0 saturated carbocycles. The first kappa shape index (κ1) is 15.9. The van der Waals surface area contributed by atoms with E-state index >= 15 is 0 Å². The lowest BCUT2D eigenvalue weighted by molar-refractivity contribution is -0.157. The molecule has 1 fully saturated rings. The van der Waals surface area contributed by atoms with Crippen LogP contribution in [0, 0.1) is 0 Å². The maximum absolute atomic E-state index is 6.63. The topological polar surface area (TPSA) is 27.7 Å². The summed E-state index contributed by atoms with van der Waals surface area (Å²) in [5.41, 5.74) is 5.80. The summed E-state index contributed by atoms with van der Waals surface area (Å²) in [6, 6.07) is 10.8. The summed E-state index contributed by atoms with van der Waals surface area (Å²) >= 11 is 5.39. The van der Waals surface area contributed by atoms with Crippen molar-refractivity contribution in [2.24, 2.45) is 0 Å². The van der Waals surface area contributed by atoms with Gasteiger partial charge in [-0.05, 0) is 42.8 Å². The summed E-state index contributed by atoms with van der Waals surface area (Å²) in [4.78, 5) is 3.65. The Morgan fingerprint density at radius 3 is 2.88 bits per heavy atom. The molecule has 1 atom stereocenters. The van der Waals surface area contributed by atoms with Crippen molar-refractivity contribution in [2.45, 2.75) is 24.6 Å². The molecule has 6 heteroatoms. The van der Waals surface area contributed by atoms with Gasteiger partial charge in [-0.15, -0.1) is 11.3 Å². The van der Waals surface area contributed by atoms with E-state index in [0.29, 0.717) is 0 Å². The second-order valence-corrected chi connectivity index (χ2v) is 8.88. The predicted molar refractivity (Wildman–Crippen MR) is 104 cm³/mol. The van der Waals surface area contributed by atoms with Crippen LogP contribution in [0.15, 0.2) is 46.3 Å². The molecular formula is C19H20BrN3OS. The summed E-state index contributed by atoms with van der Waals surface area (Å²) in [5, 5.41) is 4.48. The van der Waals surface area contributed by atoms with Crippen molar-refractivity contribution >= 4 is 33.0 Å². The zero-order chi connectivity index (χ0) is 17.0. The highest BCUT2D eigenvalue weighted by molar-refractivity contribution is 9.10. The number of piperidine rings is 1. The molecule has 2 aromatic rings. The minimum absolute atomic E-state index is 0.196. The number of rotatable bonds is 1. The highest BCUT2D eigenvalue weighted by Crippen LogP contribution is 2.49. The molecule has 130 valence electrons. The van der Waals surface area contributed by atoms with E-state index < -0.39 is 0 Å². The summed E-state index contributed by atoms with van der Waals surface area (Å²) in [6.07, 6.45) is 4.34. The van der Waals surface area contributed by atoms with Gasteiger partial charge in [-0.3, -0.25) is 0 Å². The Morgan fingerprint density at radius 2 is 2.12 bits per heavy atom. The molecule has 0 radical (unpaired) electrons. The molecule has 0 unspecified atom stereocenters. The second kappa shape index (κ2) is 5.84. The fraction of sp³-hybridized carbons (Fsp3) is 0.368. The summed E-state index contributed by atoms with van der Waals surface area (Å²) in [5.74, 6) is 1.01. The van der Waals surface area contributed by atoms with Crippen LogP contribution in [0.5, 0.6) is 5.75 Å². The van der Waals surface area contributed by atoms with Crippen LogP contribution in [0.4, 0.5) is 0 Å². The quantitative estimate of drug-likeness (QED) is 0.751. The summed E-state index contributed by atoms with van der Waals surface area (Å²) in [6.45, 7) is 2.09. The first-order chi connectivity index (χ1) is 12.1. The Labute approximate surface area is 160 Å². The van der Waals surface area contributed by atoms with Crippen molar-refractivity contribution in [3.63, 3.8) is 0 Å². The van der Waals surface area contributed by atoms with Gasteiger partial charge in [0.2, 0.25) is 0 Å². The molecule has 0 amide bonds. The van der Waals surface area contributed by atoms with Crippen LogP contribution in [0.1, 0.15) is 29.3 Å². The maximum atomic E-state index is 6.63. The van der Waals surface area contributed by atoms with Crippen molar-refractivity contribution in [2.75, 3.05) is 20.1 Å². The van der Waals surface area contributed by atoms with Crippen LogP contribution in [-0.4, -0.2) is 35.8 Å². The lowest BCUT2D eigenvalue weighted by Crippen LogP contribution is -2.63. The van der Waals surface area contributed by atoms with Crippen molar-refractivity contribution in [1.29, 1.82) is 0 Å². The third kappa shape index (κ3) is 2.54. The monoisotopic (exact) mass is 417 g/mol. The van der Waals surface area contributed by atoms with Crippen LogP contribution < -0.4 is 10.2 Å². The van der Waals surface area contributed by atoms with E-state index in [1.165, 1.54) is 16.1 Å². The van der Waals surface area contributed by atoms with E-state index in [9.17, 15) is 0 Å². The lowest BCUT2D eigenvalue weighted by Gasteiger charge is -2.51. The van der Waals surface area contributed by atoms with Gasteiger partial charge in [0.05, 0.1) is 16.6 Å². The molecule has 0 bridgehead atoms. The highest BCUT2D eigenvalue weighted by atomic mass is 79.9. The predicted octanol–water partition coefficient (Wildman–Crippen LogP) is 4.23. The normalized spacial score (nSPS) is 25.0. The van der Waals surface area contributed by atoms with E-state index in [1.807, 2.05) is 0 Å². The van der Waals surface area contributed by atoms with E-state index in [1.54, 1.807) is 11.3 Å². The molecule has 25 heavy (non-hydrogen) atoms. The number of nitrogens with zero attached hydrogens (tertiary/aromatic N) is 2. The first-order valence-electron chi connectivity index (χ1n) is 8.63. The fourth-order valence-corrected chi connectivity index (χ4v) is 5.11. The summed E-state index contributed by atoms with van der Waals surface area (Å²) in [7, 11) is 2.19. The third-order valence-corrected chi connectivity index (χ3v) is 6.82. The Balaban J connectivity index is 1.60. The SMILES string of the molecule is CN1CCC2(CC1)Oc1ccc(Br)cc1[C@@H]1C=C(c3cccs3)NN12. The minimum atomic E-state index is -0.284. The van der Waals surface area contributed by atoms with Gasteiger partial charge in [0.1, 0.15) is 5.75 Å². The number of hydrogen-bond donors (Lipinski definition) is 1. The number of nitrogens with one attached hydrogen (secondary N) is 1. The molecular weight excluding hydrogens is 398 g/mol. The molecule has 1 N–H and O–H groups in total. The fourth-order valence-electron chi connectivity index (χ4n) is 4.03. The average Bonchev–Trinajstić information content (AvgIpc) is 3.28. The standard InChI is InChI=1S/C19H20BrN3OS/c1-22-8-6-19(7-9-22)23-16(12-15(21-23)18-3-2-10-25-18)14-11-13(20)4-5-17(14)24-19/h2-5,10-12,16,21H,6-9H2,1H3/t16-/m0/s1. The number of fused-ring (bicyclic) bond motifs is 4. The third-order valence-electron chi connectivity index (χ3n) is 5.43. The van der Waals surface area contributed by atoms with Gasteiger partial charge in [0.25, 0.3) is 0 Å². The van der Waals surface area contributed by atoms with Gasteiger partial charge in [0.15, 0.2) is 5.72 Å². The van der Waals surface area contributed by atoms with Gasteiger partial charge in [-0.1, -0.05) is 22.0 Å². The van der Waals surface area contributed by atoms with Gasteiger partial charge in [-0.25, -0.2) is 0 Å². The molecule has 3 aliphatic rings. The van der Waals surface area contributed by atoms with Gasteiger partial charge in [0, 0.05) is 36.0 Å². The van der Waals surface area contributed by atoms with Crippen molar-refractivity contribution in [3.8, 4) is 5.75 Å². The van der Waals surface area contributed by atoms with Gasteiger partial charge >= 0.3 is 0 Å². The Morgan fingerprint density at radius 1 is 1.28 bits per heavy atom. The number of hydrazine groups is 1. The highest BCUT2D eigenvalue weighted by Gasteiger charge is 2.51. The largest absolute Gasteiger partial charge is 0.470 e. The average molecular weight is 418 g/mol. The molecule has 1 spiro atoms. The van der Waals surface area contributed by atoms with E-state index in [0.717, 1.165) is 36.2 Å². The lowest BCUT2D eigenvalue weighted by atomic mass is 9.93. The Bertz CT molecular complexity index is 827. The Kier molecular flexibility index (Phi) is 3.71. The first-order valence-corrected chi connectivity index (χ1v) is 10.3. The van der Waals surface area contributed by atoms with E-state index in [2.05, 4.69) is 80.1 Å². The second-order valence-electron chi connectivity index (χ2n) is 7.02. The van der Waals surface area contributed by atoms with Crippen LogP contribution in [0.2, 0.25) is 0 Å². The Hall–Kier alpha value is -1.34. The van der Waals surface area contributed by atoms with Crippen molar-refractivity contribution in [3.05, 3.63) is 56.7 Å². The van der Waals surface area contributed by atoms with Crippen LogP contribution in [-0.2, 0) is 0 Å². The van der Waals surface area contributed by atoms with Gasteiger partial charge < -0.3 is 15.1 Å².